The Bertz CT molecular complexity index is 1700. The van der Waals surface area contributed by atoms with E-state index in [1.54, 1.807) is 48.5 Å². The Balaban J connectivity index is 1.47. The highest BCUT2D eigenvalue weighted by Crippen LogP contribution is 2.36. The second kappa shape index (κ2) is 11.5. The number of aromatic amines is 1. The summed E-state index contributed by atoms with van der Waals surface area (Å²) in [6.45, 7) is 7.45. The molecule has 7 nitrogen and oxygen atoms in total. The van der Waals surface area contributed by atoms with Crippen LogP contribution < -0.4 is 10.0 Å². The fraction of sp³-hybridized carbons (Fsp3) is 0.281. The van der Waals surface area contributed by atoms with E-state index in [0.29, 0.717) is 46.6 Å². The molecular formula is C32H34FN3O4S. The summed E-state index contributed by atoms with van der Waals surface area (Å²) in [5.41, 5.74) is 3.87. The molecule has 5 rings (SSSR count). The number of amides is 1. The van der Waals surface area contributed by atoms with Crippen LogP contribution in [0.3, 0.4) is 0 Å². The highest BCUT2D eigenvalue weighted by Gasteiger charge is 2.20. The van der Waals surface area contributed by atoms with Crippen molar-refractivity contribution in [2.45, 2.75) is 50.0 Å². The van der Waals surface area contributed by atoms with E-state index in [1.807, 2.05) is 12.1 Å². The number of anilines is 1. The van der Waals surface area contributed by atoms with Crippen molar-refractivity contribution in [3.05, 3.63) is 89.9 Å². The van der Waals surface area contributed by atoms with E-state index in [-0.39, 0.29) is 22.3 Å². The average molecular weight is 576 g/mol. The molecule has 2 heterocycles. The van der Waals surface area contributed by atoms with Gasteiger partial charge in [0.15, 0.2) is 0 Å². The smallest absolute Gasteiger partial charge is 0.261 e. The predicted molar refractivity (Wildman–Crippen MR) is 161 cm³/mol. The number of benzene rings is 3. The summed E-state index contributed by atoms with van der Waals surface area (Å²) in [5, 5.41) is 3.68. The van der Waals surface area contributed by atoms with Crippen molar-refractivity contribution in [2.24, 2.45) is 0 Å². The number of hydrogen-bond acceptors (Lipinski definition) is 4. The van der Waals surface area contributed by atoms with Crippen LogP contribution in [0.4, 0.5) is 10.1 Å². The van der Waals surface area contributed by atoms with Crippen molar-refractivity contribution in [2.75, 3.05) is 17.9 Å². The zero-order valence-electron chi connectivity index (χ0n) is 23.3. The van der Waals surface area contributed by atoms with Gasteiger partial charge in [-0.15, -0.1) is 0 Å². The van der Waals surface area contributed by atoms with Crippen LogP contribution in [0.5, 0.6) is 0 Å². The summed E-state index contributed by atoms with van der Waals surface area (Å²) in [5.74, 6) is -0.633. The first kappa shape index (κ1) is 28.6. The molecule has 0 radical (unpaired) electrons. The second-order valence-electron chi connectivity index (χ2n) is 11.3. The van der Waals surface area contributed by atoms with Gasteiger partial charge in [-0.25, -0.2) is 12.8 Å². The Labute approximate surface area is 239 Å². The Morgan fingerprint density at radius 2 is 1.76 bits per heavy atom. The van der Waals surface area contributed by atoms with Gasteiger partial charge in [0.2, 0.25) is 5.91 Å². The van der Waals surface area contributed by atoms with Crippen LogP contribution in [-0.4, -0.2) is 38.6 Å². The van der Waals surface area contributed by atoms with Crippen LogP contribution in [-0.2, 0) is 25.0 Å². The Hall–Kier alpha value is -3.95. The third kappa shape index (κ3) is 6.69. The van der Waals surface area contributed by atoms with E-state index in [0.717, 1.165) is 18.4 Å². The maximum atomic E-state index is 14.3. The minimum atomic E-state index is -3.85. The number of hydrogen-bond donors (Lipinski definition) is 3. The molecule has 3 aromatic carbocycles. The van der Waals surface area contributed by atoms with E-state index in [4.69, 9.17) is 4.74 Å². The van der Waals surface area contributed by atoms with Gasteiger partial charge >= 0.3 is 0 Å². The highest BCUT2D eigenvalue weighted by molar-refractivity contribution is 7.92. The quantitative estimate of drug-likeness (QED) is 0.223. The fourth-order valence-electron chi connectivity index (χ4n) is 4.95. The molecule has 1 aliphatic heterocycles. The number of aromatic nitrogens is 1. The van der Waals surface area contributed by atoms with Crippen molar-refractivity contribution < 1.29 is 22.3 Å². The van der Waals surface area contributed by atoms with Crippen LogP contribution in [0.25, 0.3) is 28.1 Å². The van der Waals surface area contributed by atoms with Gasteiger partial charge in [0, 0.05) is 53.2 Å². The molecule has 41 heavy (non-hydrogen) atoms. The number of sulfonamides is 1. The SMILES string of the molecule is CC(C)(C)c1ccc(S(=O)(=O)Nc2ccc3[nH]c(C=CC(=O)NC4CCOCC4)c(-c4cccc(F)c4)c3c2)cc1. The third-order valence-electron chi connectivity index (χ3n) is 7.19. The second-order valence-corrected chi connectivity index (χ2v) is 13.0. The Morgan fingerprint density at radius 3 is 2.44 bits per heavy atom. The number of rotatable bonds is 7. The van der Waals surface area contributed by atoms with Gasteiger partial charge in [-0.3, -0.25) is 9.52 Å². The fourth-order valence-corrected chi connectivity index (χ4v) is 6.00. The summed E-state index contributed by atoms with van der Waals surface area (Å²) >= 11 is 0. The van der Waals surface area contributed by atoms with Gasteiger partial charge in [-0.2, -0.15) is 0 Å². The summed E-state index contributed by atoms with van der Waals surface area (Å²) in [6, 6.07) is 18.2. The number of carbonyl (C=O) groups excluding carboxylic acids is 1. The van der Waals surface area contributed by atoms with E-state index < -0.39 is 15.8 Å². The zero-order chi connectivity index (χ0) is 29.2. The van der Waals surface area contributed by atoms with Gasteiger partial charge in [0.1, 0.15) is 5.82 Å². The molecule has 0 atom stereocenters. The van der Waals surface area contributed by atoms with Crippen molar-refractivity contribution in [1.29, 1.82) is 0 Å². The van der Waals surface area contributed by atoms with Gasteiger partial charge < -0.3 is 15.0 Å². The van der Waals surface area contributed by atoms with Gasteiger partial charge in [-0.05, 0) is 77.9 Å². The third-order valence-corrected chi connectivity index (χ3v) is 8.59. The molecule has 0 unspecified atom stereocenters. The zero-order valence-corrected chi connectivity index (χ0v) is 24.1. The first-order valence-corrected chi connectivity index (χ1v) is 15.1. The maximum absolute atomic E-state index is 14.3. The number of nitrogens with one attached hydrogen (secondary N) is 3. The number of ether oxygens (including phenoxy) is 1. The number of H-pyrrole nitrogens is 1. The standard InChI is InChI=1S/C32H34FN3O4S/c1-32(2,3)22-7-10-26(11-8-22)41(38,39)36-25-9-12-28-27(20-25)31(21-5-4-6-23(33)19-21)29(35-28)13-14-30(37)34-24-15-17-40-18-16-24/h4-14,19-20,24,35-36H,15-18H2,1-3H3,(H,34,37). The van der Waals surface area contributed by atoms with E-state index in [2.05, 4.69) is 35.8 Å². The van der Waals surface area contributed by atoms with Gasteiger partial charge in [0.25, 0.3) is 10.0 Å². The van der Waals surface area contributed by atoms with E-state index >= 15 is 0 Å². The topological polar surface area (TPSA) is 100 Å². The number of halogens is 1. The lowest BCUT2D eigenvalue weighted by Crippen LogP contribution is -2.37. The van der Waals surface area contributed by atoms with Crippen molar-refractivity contribution in [3.8, 4) is 11.1 Å². The molecule has 9 heteroatoms. The molecule has 0 spiro atoms. The van der Waals surface area contributed by atoms with Crippen LogP contribution in [0.1, 0.15) is 44.9 Å². The molecule has 1 saturated heterocycles. The molecule has 1 aromatic heterocycles. The van der Waals surface area contributed by atoms with Crippen molar-refractivity contribution >= 4 is 38.6 Å². The molecule has 1 amide bonds. The van der Waals surface area contributed by atoms with E-state index in [9.17, 15) is 17.6 Å². The Kier molecular flexibility index (Phi) is 8.02. The van der Waals surface area contributed by atoms with Gasteiger partial charge in [0.05, 0.1) is 4.90 Å². The Morgan fingerprint density at radius 1 is 1.02 bits per heavy atom. The van der Waals surface area contributed by atoms with Crippen LogP contribution in [0.2, 0.25) is 0 Å². The molecule has 1 aliphatic rings. The van der Waals surface area contributed by atoms with Crippen LogP contribution in [0.15, 0.2) is 77.7 Å². The molecule has 0 aliphatic carbocycles. The predicted octanol–water partition coefficient (Wildman–Crippen LogP) is 6.38. The first-order valence-electron chi connectivity index (χ1n) is 13.6. The maximum Gasteiger partial charge on any atom is 0.261 e. The largest absolute Gasteiger partial charge is 0.381 e. The monoisotopic (exact) mass is 575 g/mol. The lowest BCUT2D eigenvalue weighted by molar-refractivity contribution is -0.117. The van der Waals surface area contributed by atoms with Gasteiger partial charge in [-0.1, -0.05) is 45.0 Å². The number of fused-ring (bicyclic) bond motifs is 1. The summed E-state index contributed by atoms with van der Waals surface area (Å²) in [7, 11) is -3.85. The minimum absolute atomic E-state index is 0.0616. The molecule has 214 valence electrons. The van der Waals surface area contributed by atoms with Crippen LogP contribution >= 0.6 is 0 Å². The van der Waals surface area contributed by atoms with Crippen LogP contribution in [0, 0.1) is 5.82 Å². The molecular weight excluding hydrogens is 541 g/mol. The highest BCUT2D eigenvalue weighted by atomic mass is 32.2. The lowest BCUT2D eigenvalue weighted by Gasteiger charge is -2.22. The van der Waals surface area contributed by atoms with E-state index in [1.165, 1.54) is 18.2 Å². The lowest BCUT2D eigenvalue weighted by atomic mass is 9.87. The molecule has 1 fully saturated rings. The number of carbonyl (C=O) groups is 1. The normalized spacial score (nSPS) is 14.9. The molecule has 3 N–H and O–H groups in total. The first-order chi connectivity index (χ1) is 19.5. The molecule has 0 saturated carbocycles. The minimum Gasteiger partial charge on any atom is -0.381 e. The average Bonchev–Trinajstić information content (AvgIpc) is 3.29. The summed E-state index contributed by atoms with van der Waals surface area (Å²) in [4.78, 5) is 16.1. The summed E-state index contributed by atoms with van der Waals surface area (Å²) in [6.07, 6.45) is 4.64. The van der Waals surface area contributed by atoms with Crippen molar-refractivity contribution in [1.82, 2.24) is 10.3 Å². The van der Waals surface area contributed by atoms with Crippen molar-refractivity contribution in [3.63, 3.8) is 0 Å². The summed E-state index contributed by atoms with van der Waals surface area (Å²) < 4.78 is 48.7. The molecule has 4 aromatic rings. The molecule has 0 bridgehead atoms.